The second kappa shape index (κ2) is 7.63. The molecule has 2 fully saturated rings. The Balaban J connectivity index is 1.68. The Morgan fingerprint density at radius 3 is 2.53 bits per heavy atom. The number of ether oxygens (including phenoxy) is 1. The Morgan fingerprint density at radius 1 is 1.25 bits per heavy atom. The average Bonchev–Trinajstić information content (AvgIpc) is 3.55. The molecule has 0 unspecified atom stereocenters. The maximum atomic E-state index is 15.4. The van der Waals surface area contributed by atoms with Crippen LogP contribution in [0.4, 0.5) is 20.8 Å². The second-order valence-corrected chi connectivity index (χ2v) is 10.9. The first kappa shape index (κ1) is 21.5. The molecule has 32 heavy (non-hydrogen) atoms. The lowest BCUT2D eigenvalue weighted by Gasteiger charge is -2.36. The molecule has 0 radical (unpaired) electrons. The highest BCUT2D eigenvalue weighted by atomic mass is 32.1. The number of hydrogen-bond donors (Lipinski definition) is 2. The normalized spacial score (nSPS) is 18.4. The molecule has 3 aliphatic rings. The molecule has 0 atom stereocenters. The van der Waals surface area contributed by atoms with Gasteiger partial charge in [-0.25, -0.2) is 4.39 Å². The fourth-order valence-corrected chi connectivity index (χ4v) is 6.14. The predicted octanol–water partition coefficient (Wildman–Crippen LogP) is 4.44. The van der Waals surface area contributed by atoms with Crippen LogP contribution in [0.25, 0.3) is 0 Å². The van der Waals surface area contributed by atoms with Gasteiger partial charge in [0.25, 0.3) is 0 Å². The number of nitrogens with one attached hydrogen (secondary N) is 1. The monoisotopic (exact) mass is 459 g/mol. The number of aromatic hydroxyl groups is 1. The van der Waals surface area contributed by atoms with Gasteiger partial charge in [0.1, 0.15) is 21.3 Å². The van der Waals surface area contributed by atoms with Crippen LogP contribution in [-0.2, 0) is 6.42 Å². The topological polar surface area (TPSA) is 65.0 Å². The van der Waals surface area contributed by atoms with Crippen molar-refractivity contribution in [2.75, 3.05) is 43.1 Å². The quantitative estimate of drug-likeness (QED) is 0.659. The van der Waals surface area contributed by atoms with Gasteiger partial charge in [-0.05, 0) is 24.5 Å². The van der Waals surface area contributed by atoms with E-state index in [1.54, 1.807) is 13.2 Å². The van der Waals surface area contributed by atoms with Crippen molar-refractivity contribution in [2.24, 2.45) is 5.41 Å². The first-order valence-corrected chi connectivity index (χ1v) is 12.1. The van der Waals surface area contributed by atoms with E-state index >= 15 is 4.39 Å². The first-order chi connectivity index (χ1) is 15.2. The molecule has 2 aliphatic heterocycles. The molecule has 0 amide bonds. The van der Waals surface area contributed by atoms with Gasteiger partial charge >= 0.3 is 0 Å². The van der Waals surface area contributed by atoms with Crippen LogP contribution in [0.3, 0.4) is 0 Å². The molecule has 1 saturated heterocycles. The summed E-state index contributed by atoms with van der Waals surface area (Å²) >= 11 is 1.36. The van der Waals surface area contributed by atoms with Gasteiger partial charge in [0.05, 0.1) is 12.8 Å². The minimum Gasteiger partial charge on any atom is -0.506 e. The number of Topliss-reactive ketones (excluding diaryl/α,β-unsaturated/α-hetero) is 1. The molecule has 8 heteroatoms. The van der Waals surface area contributed by atoms with Crippen molar-refractivity contribution in [3.63, 3.8) is 0 Å². The molecule has 1 saturated carbocycles. The molecule has 3 heterocycles. The number of carbonyl (C=O) groups is 1. The van der Waals surface area contributed by atoms with Crippen molar-refractivity contribution in [2.45, 2.75) is 46.1 Å². The van der Waals surface area contributed by atoms with Gasteiger partial charge in [0.15, 0.2) is 17.3 Å². The van der Waals surface area contributed by atoms with Gasteiger partial charge in [-0.15, -0.1) is 11.3 Å². The molecule has 0 bridgehead atoms. The molecule has 6 nitrogen and oxygen atoms in total. The Morgan fingerprint density at radius 2 is 1.94 bits per heavy atom. The van der Waals surface area contributed by atoms with Gasteiger partial charge < -0.3 is 25.0 Å². The van der Waals surface area contributed by atoms with Crippen LogP contribution < -0.4 is 19.9 Å². The predicted molar refractivity (Wildman–Crippen MR) is 126 cm³/mol. The number of halogens is 1. The molecule has 172 valence electrons. The number of rotatable bonds is 4. The third-order valence-corrected chi connectivity index (χ3v) is 7.70. The van der Waals surface area contributed by atoms with Crippen LogP contribution in [-0.4, -0.2) is 50.2 Å². The van der Waals surface area contributed by atoms with E-state index in [1.807, 2.05) is 25.7 Å². The Hall–Kier alpha value is -2.32. The highest BCUT2D eigenvalue weighted by Gasteiger charge is 2.43. The summed E-state index contributed by atoms with van der Waals surface area (Å²) in [7, 11) is 1.60. The Kier molecular flexibility index (Phi) is 5.13. The smallest absolute Gasteiger partial charge is 0.181 e. The number of methoxy groups -OCH3 is 1. The van der Waals surface area contributed by atoms with Crippen LogP contribution in [0, 0.1) is 11.2 Å². The zero-order valence-corrected chi connectivity index (χ0v) is 19.9. The Labute approximate surface area is 192 Å². The lowest BCUT2D eigenvalue weighted by molar-refractivity contribution is 0.0860. The lowest BCUT2D eigenvalue weighted by Crippen LogP contribution is -2.44. The van der Waals surface area contributed by atoms with E-state index in [9.17, 15) is 9.90 Å². The fourth-order valence-electron chi connectivity index (χ4n) is 4.70. The highest BCUT2D eigenvalue weighted by molar-refractivity contribution is 7.18. The molecule has 2 N–H and O–H groups in total. The largest absolute Gasteiger partial charge is 0.506 e. The average molecular weight is 460 g/mol. The van der Waals surface area contributed by atoms with Crippen molar-refractivity contribution in [3.05, 3.63) is 27.9 Å². The maximum absolute atomic E-state index is 15.4. The summed E-state index contributed by atoms with van der Waals surface area (Å²) in [5, 5.41) is 15.2. The van der Waals surface area contributed by atoms with Crippen molar-refractivity contribution in [1.82, 2.24) is 5.32 Å². The minimum atomic E-state index is -0.596. The number of hydrogen-bond acceptors (Lipinski definition) is 7. The molecular weight excluding hydrogens is 429 g/mol. The third-order valence-electron chi connectivity index (χ3n) is 6.48. The van der Waals surface area contributed by atoms with Gasteiger partial charge in [0, 0.05) is 49.6 Å². The van der Waals surface area contributed by atoms with Crippen molar-refractivity contribution in [1.29, 1.82) is 0 Å². The number of fused-ring (bicyclic) bond motifs is 2. The number of ketones is 1. The van der Waals surface area contributed by atoms with E-state index in [2.05, 4.69) is 10.2 Å². The van der Waals surface area contributed by atoms with E-state index in [-0.39, 0.29) is 23.4 Å². The SMILES string of the molecule is COc1c(N2CCNCC2)c(F)cc2c1N(C1CC1)c1sc(C(=O)C(C)(C)C)c(O)c1C2. The molecule has 2 aromatic rings. The zero-order chi connectivity index (χ0) is 22.8. The van der Waals surface area contributed by atoms with Crippen molar-refractivity contribution >= 4 is 33.5 Å². The van der Waals surface area contributed by atoms with Crippen LogP contribution in [0.15, 0.2) is 6.07 Å². The molecular formula is C24H30FN3O3S. The number of piperazine rings is 1. The second-order valence-electron chi connectivity index (χ2n) is 9.91. The van der Waals surface area contributed by atoms with Gasteiger partial charge in [-0.2, -0.15) is 0 Å². The summed E-state index contributed by atoms with van der Waals surface area (Å²) in [5.74, 6) is 0.221. The molecule has 0 spiro atoms. The Bertz CT molecular complexity index is 1080. The molecule has 1 aliphatic carbocycles. The number of thiophene rings is 1. The van der Waals surface area contributed by atoms with Crippen LogP contribution in [0.2, 0.25) is 0 Å². The van der Waals surface area contributed by atoms with E-state index < -0.39 is 5.41 Å². The van der Waals surface area contributed by atoms with Crippen molar-refractivity contribution in [3.8, 4) is 11.5 Å². The first-order valence-electron chi connectivity index (χ1n) is 11.3. The third kappa shape index (κ3) is 3.35. The number of benzene rings is 1. The summed E-state index contributed by atoms with van der Waals surface area (Å²) in [6.07, 6.45) is 2.41. The summed E-state index contributed by atoms with van der Waals surface area (Å²) in [5.41, 5.74) is 2.31. The van der Waals surface area contributed by atoms with E-state index in [0.717, 1.165) is 47.7 Å². The summed E-state index contributed by atoms with van der Waals surface area (Å²) in [6.45, 7) is 8.60. The van der Waals surface area contributed by atoms with Crippen LogP contribution >= 0.6 is 11.3 Å². The minimum absolute atomic E-state index is 0.0479. The van der Waals surface area contributed by atoms with Crippen LogP contribution in [0.1, 0.15) is 54.4 Å². The summed E-state index contributed by atoms with van der Waals surface area (Å²) < 4.78 is 21.3. The molecule has 1 aromatic carbocycles. The maximum Gasteiger partial charge on any atom is 0.181 e. The molecule has 1 aromatic heterocycles. The molecule has 5 rings (SSSR count). The number of anilines is 3. The van der Waals surface area contributed by atoms with E-state index in [4.69, 9.17) is 4.74 Å². The summed E-state index contributed by atoms with van der Waals surface area (Å²) in [4.78, 5) is 17.7. The van der Waals surface area contributed by atoms with E-state index in [0.29, 0.717) is 35.8 Å². The van der Waals surface area contributed by atoms with Gasteiger partial charge in [-0.3, -0.25) is 4.79 Å². The summed E-state index contributed by atoms with van der Waals surface area (Å²) in [6, 6.07) is 1.86. The van der Waals surface area contributed by atoms with E-state index in [1.165, 1.54) is 11.3 Å². The van der Waals surface area contributed by atoms with Gasteiger partial charge in [-0.1, -0.05) is 20.8 Å². The number of nitrogens with zero attached hydrogens (tertiary/aromatic N) is 2. The van der Waals surface area contributed by atoms with Crippen molar-refractivity contribution < 1.29 is 19.0 Å². The van der Waals surface area contributed by atoms with Gasteiger partial charge in [0.2, 0.25) is 0 Å². The van der Waals surface area contributed by atoms with Crippen LogP contribution in [0.5, 0.6) is 11.5 Å². The lowest BCUT2D eigenvalue weighted by atomic mass is 9.89. The number of carbonyl (C=O) groups excluding carboxylic acids is 1. The zero-order valence-electron chi connectivity index (χ0n) is 19.0. The highest BCUT2D eigenvalue weighted by Crippen LogP contribution is 2.57. The standard InChI is InChI=1S/C24H30FN3O3S/c1-24(2,3)22(30)21-19(29)15-11-13-12-16(25)18(27-9-7-26-8-10-27)20(31-4)17(13)28(14-5-6-14)23(15)32-21/h12,14,26,29H,5-11H2,1-4H3. The fraction of sp³-hybridized carbons (Fsp3) is 0.542.